The van der Waals surface area contributed by atoms with Gasteiger partial charge in [-0.15, -0.1) is 0 Å². The molecule has 1 saturated heterocycles. The number of aliphatic hydroxyl groups is 2. The molecule has 7 nitrogen and oxygen atoms in total. The number of hydrogen-bond acceptors (Lipinski definition) is 5. The van der Waals surface area contributed by atoms with Gasteiger partial charge >= 0.3 is 0 Å². The number of benzene rings is 2. The predicted octanol–water partition coefficient (Wildman–Crippen LogP) is 3.60. The Kier molecular flexibility index (Phi) is 7.70. The van der Waals surface area contributed by atoms with E-state index in [2.05, 4.69) is 36.7 Å². The van der Waals surface area contributed by atoms with E-state index in [1.54, 1.807) is 18.2 Å². The first-order valence-corrected chi connectivity index (χ1v) is 12.9. The van der Waals surface area contributed by atoms with Gasteiger partial charge in [0.05, 0.1) is 18.8 Å². The minimum atomic E-state index is -1.08. The Bertz CT molecular complexity index is 1150. The summed E-state index contributed by atoms with van der Waals surface area (Å²) >= 11 is 12.7. The second-order valence-electron chi connectivity index (χ2n) is 10.9. The maximum atomic E-state index is 14.0. The van der Waals surface area contributed by atoms with E-state index in [-0.39, 0.29) is 42.8 Å². The van der Waals surface area contributed by atoms with E-state index in [9.17, 15) is 14.7 Å². The molecular weight excluding hydrogens is 501 g/mol. The third-order valence-corrected chi connectivity index (χ3v) is 7.57. The van der Waals surface area contributed by atoms with Gasteiger partial charge in [-0.1, -0.05) is 62.2 Å². The van der Waals surface area contributed by atoms with Gasteiger partial charge in [0.2, 0.25) is 11.8 Å². The maximum absolute atomic E-state index is 14.0. The zero-order chi connectivity index (χ0) is 26.3. The third-order valence-electron chi connectivity index (χ3n) is 7.10. The minimum absolute atomic E-state index is 0.143. The molecule has 1 fully saturated rings. The number of amides is 2. The Morgan fingerprint density at radius 2 is 1.89 bits per heavy atom. The Balaban J connectivity index is 1.86. The Hall–Kier alpha value is -2.16. The van der Waals surface area contributed by atoms with Crippen LogP contribution in [0.2, 0.25) is 10.0 Å². The first-order valence-electron chi connectivity index (χ1n) is 12.2. The Morgan fingerprint density at radius 1 is 1.17 bits per heavy atom. The van der Waals surface area contributed by atoms with Crippen molar-refractivity contribution in [1.29, 1.82) is 0 Å². The largest absolute Gasteiger partial charge is 0.394 e. The number of halogens is 2. The number of nitrogens with one attached hydrogen (secondary N) is 3. The maximum Gasteiger partial charge on any atom is 0.237 e. The summed E-state index contributed by atoms with van der Waals surface area (Å²) in [6.07, 6.45) is -0.0652. The van der Waals surface area contributed by atoms with Crippen molar-refractivity contribution >= 4 is 40.7 Å². The summed E-state index contributed by atoms with van der Waals surface area (Å²) in [5.41, 5.74) is 1.00. The van der Waals surface area contributed by atoms with Crippen molar-refractivity contribution in [1.82, 2.24) is 10.6 Å². The average Bonchev–Trinajstić information content (AvgIpc) is 3.27. The van der Waals surface area contributed by atoms with Crippen LogP contribution in [0.5, 0.6) is 0 Å². The molecule has 2 aromatic carbocycles. The zero-order valence-electron chi connectivity index (χ0n) is 20.6. The standard InChI is InChI=1S/C27H33Cl2N3O4/c1-26(2,3)13-21-27(19-8-7-17(29)12-20(19)31-25(27)36)22(15-5-4-6-16(28)11-15)23(32-21)24(35)30-10-9-18(34)14-33/h4-8,11-12,18,21-23,32-34H,9-10,13-14H2,1-3H3,(H,30,35)(H,31,36)/t18-,21+,22-,23+,27+/m0/s1. The molecule has 0 radical (unpaired) electrons. The molecule has 36 heavy (non-hydrogen) atoms. The highest BCUT2D eigenvalue weighted by Crippen LogP contribution is 2.56. The molecule has 2 heterocycles. The van der Waals surface area contributed by atoms with Gasteiger partial charge in [-0.05, 0) is 53.6 Å². The highest BCUT2D eigenvalue weighted by molar-refractivity contribution is 6.31. The summed E-state index contributed by atoms with van der Waals surface area (Å²) in [5, 5.41) is 29.3. The molecular formula is C27H33Cl2N3O4. The second kappa shape index (κ2) is 10.3. The number of rotatable bonds is 7. The van der Waals surface area contributed by atoms with Crippen LogP contribution in [0, 0.1) is 5.41 Å². The van der Waals surface area contributed by atoms with Gasteiger partial charge in [0.15, 0.2) is 0 Å². The molecule has 2 aliphatic rings. The molecule has 5 N–H and O–H groups in total. The fourth-order valence-corrected chi connectivity index (χ4v) is 6.06. The molecule has 2 amide bonds. The van der Waals surface area contributed by atoms with Crippen molar-refractivity contribution in [3.8, 4) is 0 Å². The number of hydrogen-bond donors (Lipinski definition) is 5. The molecule has 5 atom stereocenters. The zero-order valence-corrected chi connectivity index (χ0v) is 22.2. The molecule has 0 aromatic heterocycles. The van der Waals surface area contributed by atoms with Gasteiger partial charge in [0, 0.05) is 34.2 Å². The molecule has 0 bridgehead atoms. The molecule has 0 saturated carbocycles. The summed E-state index contributed by atoms with van der Waals surface area (Å²) in [6, 6.07) is 11.6. The van der Waals surface area contributed by atoms with E-state index in [0.717, 1.165) is 11.1 Å². The SMILES string of the molecule is CC(C)(C)C[C@H]1N[C@@H](C(=O)NCC[C@H](O)CO)[C@H](c2cccc(Cl)c2)[C@]12C(=O)Nc1cc(Cl)ccc12. The van der Waals surface area contributed by atoms with Crippen LogP contribution in [0.15, 0.2) is 42.5 Å². The molecule has 0 unspecified atom stereocenters. The van der Waals surface area contributed by atoms with Crippen molar-refractivity contribution in [2.24, 2.45) is 5.41 Å². The monoisotopic (exact) mass is 533 g/mol. The quantitative estimate of drug-likeness (QED) is 0.373. The van der Waals surface area contributed by atoms with Crippen molar-refractivity contribution in [3.63, 3.8) is 0 Å². The fraction of sp³-hybridized carbons (Fsp3) is 0.481. The number of fused-ring (bicyclic) bond motifs is 2. The van der Waals surface area contributed by atoms with Gasteiger partial charge in [-0.25, -0.2) is 0 Å². The first kappa shape index (κ1) is 26.9. The van der Waals surface area contributed by atoms with Gasteiger partial charge in [-0.2, -0.15) is 0 Å². The van der Waals surface area contributed by atoms with Gasteiger partial charge in [-0.3, -0.25) is 9.59 Å². The van der Waals surface area contributed by atoms with E-state index in [0.29, 0.717) is 22.2 Å². The number of aliphatic hydroxyl groups excluding tert-OH is 2. The van der Waals surface area contributed by atoms with Crippen LogP contribution in [-0.4, -0.2) is 53.4 Å². The van der Waals surface area contributed by atoms with E-state index in [1.807, 2.05) is 24.3 Å². The molecule has 1 spiro atoms. The van der Waals surface area contributed by atoms with E-state index in [1.165, 1.54) is 0 Å². The van der Waals surface area contributed by atoms with E-state index < -0.39 is 23.5 Å². The fourth-order valence-electron chi connectivity index (χ4n) is 5.69. The van der Waals surface area contributed by atoms with Crippen LogP contribution in [0.3, 0.4) is 0 Å². The predicted molar refractivity (Wildman–Crippen MR) is 141 cm³/mol. The smallest absolute Gasteiger partial charge is 0.237 e. The van der Waals surface area contributed by atoms with Crippen LogP contribution in [-0.2, 0) is 15.0 Å². The second-order valence-corrected chi connectivity index (χ2v) is 11.8. The van der Waals surface area contributed by atoms with Gasteiger partial charge < -0.3 is 26.2 Å². The Morgan fingerprint density at radius 3 is 2.56 bits per heavy atom. The van der Waals surface area contributed by atoms with Crippen LogP contribution in [0.1, 0.15) is 50.7 Å². The summed E-state index contributed by atoms with van der Waals surface area (Å²) < 4.78 is 0. The van der Waals surface area contributed by atoms with Crippen molar-refractivity contribution in [3.05, 3.63) is 63.6 Å². The van der Waals surface area contributed by atoms with Crippen LogP contribution >= 0.6 is 23.2 Å². The summed E-state index contributed by atoms with van der Waals surface area (Å²) in [5.74, 6) is -1.03. The Labute approximate surface area is 221 Å². The number of anilines is 1. The minimum Gasteiger partial charge on any atom is -0.394 e. The molecule has 2 aliphatic heterocycles. The third kappa shape index (κ3) is 5.00. The normalized spacial score (nSPS) is 26.1. The van der Waals surface area contributed by atoms with Crippen LogP contribution in [0.4, 0.5) is 5.69 Å². The van der Waals surface area contributed by atoms with Crippen molar-refractivity contribution in [2.45, 2.75) is 63.1 Å². The lowest BCUT2D eigenvalue weighted by Gasteiger charge is -2.37. The van der Waals surface area contributed by atoms with Crippen LogP contribution in [0.25, 0.3) is 0 Å². The van der Waals surface area contributed by atoms with Crippen molar-refractivity contribution < 1.29 is 19.8 Å². The lowest BCUT2D eigenvalue weighted by Crippen LogP contribution is -2.49. The molecule has 2 aromatic rings. The summed E-state index contributed by atoms with van der Waals surface area (Å²) in [7, 11) is 0. The lowest BCUT2D eigenvalue weighted by atomic mass is 9.62. The highest BCUT2D eigenvalue weighted by Gasteiger charge is 2.65. The van der Waals surface area contributed by atoms with Gasteiger partial charge in [0.1, 0.15) is 5.41 Å². The number of carbonyl (C=O) groups is 2. The molecule has 4 rings (SSSR count). The first-order chi connectivity index (χ1) is 17.0. The van der Waals surface area contributed by atoms with E-state index in [4.69, 9.17) is 28.3 Å². The van der Waals surface area contributed by atoms with Gasteiger partial charge in [0.25, 0.3) is 0 Å². The summed E-state index contributed by atoms with van der Waals surface area (Å²) in [4.78, 5) is 27.6. The van der Waals surface area contributed by atoms with Crippen molar-refractivity contribution in [2.75, 3.05) is 18.5 Å². The topological polar surface area (TPSA) is 111 Å². The number of carbonyl (C=O) groups excluding carboxylic acids is 2. The molecule has 194 valence electrons. The summed E-state index contributed by atoms with van der Waals surface area (Å²) in [6.45, 7) is 6.14. The molecule has 0 aliphatic carbocycles. The average molecular weight is 534 g/mol. The highest BCUT2D eigenvalue weighted by atomic mass is 35.5. The lowest BCUT2D eigenvalue weighted by molar-refractivity contribution is -0.124. The molecule has 9 heteroatoms. The van der Waals surface area contributed by atoms with Crippen LogP contribution < -0.4 is 16.0 Å². The van der Waals surface area contributed by atoms with E-state index >= 15 is 0 Å².